The largest absolute Gasteiger partial charge is 0.106 e. The Morgan fingerprint density at radius 2 is 1.06 bits per heavy atom. The standard InChI is InChI=1S/C17H22.C16H10.C2H6/c1-3-14-17(2,15-10-6-4-7-11-15)16-12-8-5-9-13-16;1-3-11-7-9-13-5-2-6-14-10-8-12(4-1)15(11)16(13)14;1-2/h4,6-7,10-11,16H,5,8-9,12-13H2,1-2H3;1-10H;1-2H3. The van der Waals surface area contributed by atoms with Crippen LogP contribution in [0, 0.1) is 17.8 Å². The lowest BCUT2D eigenvalue weighted by atomic mass is 9.66. The molecule has 0 radical (unpaired) electrons. The summed E-state index contributed by atoms with van der Waals surface area (Å²) in [5.41, 5.74) is 1.44. The lowest BCUT2D eigenvalue weighted by molar-refractivity contribution is 0.269. The van der Waals surface area contributed by atoms with Crippen molar-refractivity contribution in [3.05, 3.63) is 96.6 Å². The molecule has 0 N–H and O–H groups in total. The first kappa shape index (κ1) is 24.8. The van der Waals surface area contributed by atoms with Crippen LogP contribution in [0.25, 0.3) is 32.3 Å². The Hall–Kier alpha value is -3.30. The summed E-state index contributed by atoms with van der Waals surface area (Å²) < 4.78 is 0. The first-order valence-electron chi connectivity index (χ1n) is 13.3. The maximum atomic E-state index is 3.50. The normalized spacial score (nSPS) is 15.3. The second-order valence-corrected chi connectivity index (χ2v) is 9.57. The molecule has 1 aliphatic rings. The predicted molar refractivity (Wildman–Crippen MR) is 155 cm³/mol. The van der Waals surface area contributed by atoms with E-state index in [0.717, 1.165) is 5.92 Å². The molecular weight excluding hydrogens is 420 g/mol. The van der Waals surface area contributed by atoms with Crippen molar-refractivity contribution in [2.45, 2.75) is 65.2 Å². The molecule has 1 aliphatic carbocycles. The van der Waals surface area contributed by atoms with Crippen LogP contribution in [-0.2, 0) is 5.41 Å². The number of hydrogen-bond donors (Lipinski definition) is 0. The van der Waals surface area contributed by atoms with E-state index in [0.29, 0.717) is 0 Å². The summed E-state index contributed by atoms with van der Waals surface area (Å²) in [6, 6.07) is 32.7. The van der Waals surface area contributed by atoms with Gasteiger partial charge in [0.05, 0.1) is 5.41 Å². The SMILES string of the molecule is CC.CC#CC(C)(c1ccccc1)C1CCCCC1.c1cc2ccc3cccc4ccc(c1)c2c34. The van der Waals surface area contributed by atoms with Gasteiger partial charge in [-0.15, -0.1) is 5.92 Å². The third kappa shape index (κ3) is 5.06. The van der Waals surface area contributed by atoms with Crippen LogP contribution in [0.5, 0.6) is 0 Å². The van der Waals surface area contributed by atoms with Crippen molar-refractivity contribution in [3.63, 3.8) is 0 Å². The summed E-state index contributed by atoms with van der Waals surface area (Å²) in [4.78, 5) is 0. The van der Waals surface area contributed by atoms with Gasteiger partial charge < -0.3 is 0 Å². The van der Waals surface area contributed by atoms with E-state index < -0.39 is 0 Å². The van der Waals surface area contributed by atoms with Gasteiger partial charge in [-0.2, -0.15) is 0 Å². The first-order chi connectivity index (χ1) is 17.2. The van der Waals surface area contributed by atoms with Gasteiger partial charge in [-0.3, -0.25) is 0 Å². The van der Waals surface area contributed by atoms with Crippen molar-refractivity contribution in [1.82, 2.24) is 0 Å². The molecule has 0 bridgehead atoms. The molecule has 0 nitrogen and oxygen atoms in total. The van der Waals surface area contributed by atoms with Crippen LogP contribution < -0.4 is 0 Å². The average molecular weight is 459 g/mol. The van der Waals surface area contributed by atoms with Crippen molar-refractivity contribution in [2.24, 2.45) is 5.92 Å². The zero-order valence-corrected chi connectivity index (χ0v) is 21.8. The van der Waals surface area contributed by atoms with Gasteiger partial charge in [0.1, 0.15) is 0 Å². The monoisotopic (exact) mass is 458 g/mol. The van der Waals surface area contributed by atoms with E-state index in [1.54, 1.807) is 0 Å². The molecule has 1 fully saturated rings. The fraction of sp³-hybridized carbons (Fsp3) is 0.314. The summed E-state index contributed by atoms with van der Waals surface area (Å²) in [7, 11) is 0. The Kier molecular flexibility index (Phi) is 8.09. The van der Waals surface area contributed by atoms with E-state index in [9.17, 15) is 0 Å². The summed E-state index contributed by atoms with van der Waals surface area (Å²) >= 11 is 0. The molecular formula is C35H38. The Bertz CT molecular complexity index is 1280. The zero-order chi connectivity index (χ0) is 24.7. The highest BCUT2D eigenvalue weighted by Gasteiger charge is 2.34. The molecule has 35 heavy (non-hydrogen) atoms. The number of rotatable bonds is 2. The van der Waals surface area contributed by atoms with E-state index >= 15 is 0 Å². The van der Waals surface area contributed by atoms with Crippen molar-refractivity contribution >= 4 is 32.3 Å². The van der Waals surface area contributed by atoms with Crippen LogP contribution >= 0.6 is 0 Å². The number of hydrogen-bond acceptors (Lipinski definition) is 0. The highest BCUT2D eigenvalue weighted by molar-refractivity contribution is 6.22. The van der Waals surface area contributed by atoms with Crippen LogP contribution in [0.15, 0.2) is 91.0 Å². The third-order valence-electron chi connectivity index (χ3n) is 7.57. The molecule has 1 unspecified atom stereocenters. The van der Waals surface area contributed by atoms with Crippen LogP contribution in [-0.4, -0.2) is 0 Å². The van der Waals surface area contributed by atoms with Crippen molar-refractivity contribution in [2.75, 3.05) is 0 Å². The highest BCUT2D eigenvalue weighted by atomic mass is 14.4. The predicted octanol–water partition coefficient (Wildman–Crippen LogP) is 10.2. The fourth-order valence-corrected chi connectivity index (χ4v) is 5.80. The molecule has 178 valence electrons. The smallest absolute Gasteiger partial charge is 0.0562 e. The third-order valence-corrected chi connectivity index (χ3v) is 7.57. The van der Waals surface area contributed by atoms with Crippen LogP contribution in [0.1, 0.15) is 65.4 Å². The van der Waals surface area contributed by atoms with Gasteiger partial charge in [-0.05, 0) is 70.5 Å². The molecule has 0 heteroatoms. The van der Waals surface area contributed by atoms with Gasteiger partial charge in [0.25, 0.3) is 0 Å². The minimum Gasteiger partial charge on any atom is -0.106 e. The maximum absolute atomic E-state index is 3.50. The molecule has 1 saturated carbocycles. The van der Waals surface area contributed by atoms with E-state index in [2.05, 4.69) is 110 Å². The average Bonchev–Trinajstić information content (AvgIpc) is 2.94. The van der Waals surface area contributed by atoms with Crippen molar-refractivity contribution in [1.29, 1.82) is 0 Å². The summed E-state index contributed by atoms with van der Waals surface area (Å²) in [5, 5.41) is 8.14. The Balaban J connectivity index is 0.000000154. The molecule has 0 heterocycles. The van der Waals surface area contributed by atoms with Crippen molar-refractivity contribution < 1.29 is 0 Å². The summed E-state index contributed by atoms with van der Waals surface area (Å²) in [5.74, 6) is 7.38. The molecule has 5 aromatic rings. The van der Waals surface area contributed by atoms with Crippen molar-refractivity contribution in [3.8, 4) is 11.8 Å². The Morgan fingerprint density at radius 1 is 0.600 bits per heavy atom. The first-order valence-corrected chi connectivity index (χ1v) is 13.3. The van der Waals surface area contributed by atoms with Crippen LogP contribution in [0.2, 0.25) is 0 Å². The molecule has 5 aromatic carbocycles. The lowest BCUT2D eigenvalue weighted by Crippen LogP contribution is -2.32. The molecule has 0 saturated heterocycles. The molecule has 0 amide bonds. The zero-order valence-electron chi connectivity index (χ0n) is 21.8. The lowest BCUT2D eigenvalue weighted by Gasteiger charge is -2.36. The van der Waals surface area contributed by atoms with Gasteiger partial charge in [0.15, 0.2) is 0 Å². The molecule has 0 aliphatic heterocycles. The van der Waals surface area contributed by atoms with E-state index in [-0.39, 0.29) is 5.41 Å². The number of benzene rings is 5. The maximum Gasteiger partial charge on any atom is 0.0562 e. The Morgan fingerprint density at radius 3 is 1.49 bits per heavy atom. The van der Waals surface area contributed by atoms with E-state index in [4.69, 9.17) is 0 Å². The van der Waals surface area contributed by atoms with Gasteiger partial charge >= 0.3 is 0 Å². The quantitative estimate of drug-likeness (QED) is 0.182. The molecule has 0 aromatic heterocycles. The topological polar surface area (TPSA) is 0 Å². The summed E-state index contributed by atoms with van der Waals surface area (Å²) in [6.45, 7) is 8.29. The molecule has 0 spiro atoms. The van der Waals surface area contributed by atoms with Crippen LogP contribution in [0.3, 0.4) is 0 Å². The fourth-order valence-electron chi connectivity index (χ4n) is 5.80. The van der Waals surface area contributed by atoms with Crippen LogP contribution in [0.4, 0.5) is 0 Å². The van der Waals surface area contributed by atoms with E-state index in [1.165, 1.54) is 70.0 Å². The highest BCUT2D eigenvalue weighted by Crippen LogP contribution is 2.40. The second kappa shape index (κ2) is 11.4. The van der Waals surface area contributed by atoms with E-state index in [1.807, 2.05) is 20.8 Å². The second-order valence-electron chi connectivity index (χ2n) is 9.57. The van der Waals surface area contributed by atoms with Gasteiger partial charge in [0.2, 0.25) is 0 Å². The van der Waals surface area contributed by atoms with Gasteiger partial charge in [-0.1, -0.05) is 130 Å². The van der Waals surface area contributed by atoms with Gasteiger partial charge in [-0.25, -0.2) is 0 Å². The molecule has 1 atom stereocenters. The molecule has 6 rings (SSSR count). The minimum absolute atomic E-state index is 0.0520. The van der Waals surface area contributed by atoms with Gasteiger partial charge in [0, 0.05) is 0 Å². The minimum atomic E-state index is 0.0520. The summed E-state index contributed by atoms with van der Waals surface area (Å²) in [6.07, 6.45) is 6.82. The Labute approximate surface area is 211 Å².